The molecule has 1 aromatic rings. The SMILES string of the molecule is O=c1ccn(C2(O)C[C@@H](OCP(=O)([O-])[O-])CO2)c(=O)[nH]1.[Na+].[Na+]. The first kappa shape index (κ1) is 22.7. The molecule has 1 aliphatic rings. The van der Waals surface area contributed by atoms with Crippen molar-refractivity contribution >= 4 is 7.60 Å². The smallest absolute Gasteiger partial charge is 0.809 e. The van der Waals surface area contributed by atoms with Crippen LogP contribution in [0.15, 0.2) is 21.9 Å². The molecule has 0 spiro atoms. The molecule has 1 aliphatic heterocycles. The molecule has 22 heavy (non-hydrogen) atoms. The van der Waals surface area contributed by atoms with E-state index in [4.69, 9.17) is 9.47 Å². The van der Waals surface area contributed by atoms with Gasteiger partial charge in [-0.1, -0.05) is 0 Å². The Bertz CT molecular complexity index is 658. The monoisotopic (exact) mass is 352 g/mol. The Kier molecular flexibility index (Phi) is 8.98. The number of aromatic nitrogens is 2. The average molecular weight is 352 g/mol. The zero-order valence-electron chi connectivity index (χ0n) is 12.1. The minimum atomic E-state index is -4.82. The van der Waals surface area contributed by atoms with Gasteiger partial charge in [-0.2, -0.15) is 0 Å². The van der Waals surface area contributed by atoms with E-state index in [1.165, 1.54) is 0 Å². The number of aromatic amines is 1. The molecular weight excluding hydrogens is 341 g/mol. The predicted octanol–water partition coefficient (Wildman–Crippen LogP) is -9.18. The first-order valence-corrected chi connectivity index (χ1v) is 7.24. The van der Waals surface area contributed by atoms with E-state index in [2.05, 4.69) is 0 Å². The number of ether oxygens (including phenoxy) is 2. The van der Waals surface area contributed by atoms with Crippen LogP contribution in [0.2, 0.25) is 0 Å². The molecule has 0 radical (unpaired) electrons. The van der Waals surface area contributed by atoms with Crippen LogP contribution in [-0.4, -0.2) is 33.7 Å². The minimum Gasteiger partial charge on any atom is -0.809 e. The summed E-state index contributed by atoms with van der Waals surface area (Å²) in [6, 6.07) is 1.01. The van der Waals surface area contributed by atoms with Crippen LogP contribution in [-0.2, 0) is 19.9 Å². The summed E-state index contributed by atoms with van der Waals surface area (Å²) in [4.78, 5) is 45.3. The Morgan fingerprint density at radius 2 is 2.14 bits per heavy atom. The third-order valence-electron chi connectivity index (χ3n) is 2.66. The van der Waals surface area contributed by atoms with E-state index in [9.17, 15) is 29.0 Å². The van der Waals surface area contributed by atoms with Crippen molar-refractivity contribution in [2.24, 2.45) is 0 Å². The maximum atomic E-state index is 11.5. The molecule has 1 fully saturated rings. The predicted molar refractivity (Wildman–Crippen MR) is 59.4 cm³/mol. The Labute approximate surface area is 168 Å². The van der Waals surface area contributed by atoms with Crippen LogP contribution < -0.4 is 80.2 Å². The Morgan fingerprint density at radius 1 is 1.50 bits per heavy atom. The van der Waals surface area contributed by atoms with Gasteiger partial charge in [0.05, 0.1) is 25.5 Å². The molecule has 0 saturated carbocycles. The van der Waals surface area contributed by atoms with Gasteiger partial charge in [0.25, 0.3) is 11.5 Å². The van der Waals surface area contributed by atoms with Gasteiger partial charge >= 0.3 is 64.8 Å². The van der Waals surface area contributed by atoms with Crippen LogP contribution in [0.3, 0.4) is 0 Å². The van der Waals surface area contributed by atoms with Gasteiger partial charge in [0.1, 0.15) is 0 Å². The number of nitrogens with zero attached hydrogens (tertiary/aromatic N) is 1. The van der Waals surface area contributed by atoms with Crippen LogP contribution in [0.4, 0.5) is 0 Å². The molecule has 1 unspecified atom stereocenters. The van der Waals surface area contributed by atoms with Crippen LogP contribution in [0, 0.1) is 0 Å². The fraction of sp³-hybridized carbons (Fsp3) is 0.556. The molecule has 0 bridgehead atoms. The number of H-pyrrole nitrogens is 1. The van der Waals surface area contributed by atoms with Crippen LogP contribution in [0.1, 0.15) is 6.42 Å². The van der Waals surface area contributed by atoms with Crippen molar-refractivity contribution in [2.45, 2.75) is 18.4 Å². The number of nitrogens with one attached hydrogen (secondary N) is 1. The quantitative estimate of drug-likeness (QED) is 0.399. The summed E-state index contributed by atoms with van der Waals surface area (Å²) < 4.78 is 21.0. The van der Waals surface area contributed by atoms with E-state index in [0.29, 0.717) is 0 Å². The topological polar surface area (TPSA) is 157 Å². The Morgan fingerprint density at radius 3 is 2.68 bits per heavy atom. The first-order chi connectivity index (χ1) is 9.20. The fourth-order valence-corrected chi connectivity index (χ4v) is 2.20. The van der Waals surface area contributed by atoms with Crippen molar-refractivity contribution in [2.75, 3.05) is 13.0 Å². The second-order valence-electron chi connectivity index (χ2n) is 4.27. The summed E-state index contributed by atoms with van der Waals surface area (Å²) in [6.45, 7) is -0.206. The van der Waals surface area contributed by atoms with Gasteiger partial charge in [-0.15, -0.1) is 0 Å². The maximum absolute atomic E-state index is 11.5. The second-order valence-corrected chi connectivity index (χ2v) is 5.75. The zero-order valence-corrected chi connectivity index (χ0v) is 16.9. The summed E-state index contributed by atoms with van der Waals surface area (Å²) >= 11 is 0. The molecule has 2 rings (SSSR count). The second kappa shape index (κ2) is 8.70. The Balaban J connectivity index is 0.00000220. The molecule has 0 aliphatic carbocycles. The minimum absolute atomic E-state index is 0. The fourth-order valence-electron chi connectivity index (χ4n) is 1.80. The molecule has 0 amide bonds. The van der Waals surface area contributed by atoms with Gasteiger partial charge in [-0.3, -0.25) is 9.78 Å². The average Bonchev–Trinajstić information content (AvgIpc) is 2.68. The standard InChI is InChI=1S/C9H13N2O8P.2Na/c12-7-1-2-11(8(13)10-7)9(14)3-6(4-19-9)18-5-20(15,16)17;;/h1-2,6,14H,3-5H2,(H,10,12,13)(H2,15,16,17);;/q;2*+1/p-2/t6-,9?;;/m1../s1. The molecule has 0 aromatic carbocycles. The van der Waals surface area contributed by atoms with Crippen LogP contribution in [0.5, 0.6) is 0 Å². The van der Waals surface area contributed by atoms with Crippen molar-refractivity contribution in [3.8, 4) is 0 Å². The van der Waals surface area contributed by atoms with Crippen molar-refractivity contribution < 1.29 is 88.0 Å². The molecule has 112 valence electrons. The van der Waals surface area contributed by atoms with E-state index in [1.807, 2.05) is 4.98 Å². The van der Waals surface area contributed by atoms with E-state index in [0.717, 1.165) is 16.8 Å². The summed E-state index contributed by atoms with van der Waals surface area (Å²) in [5.41, 5.74) is -1.53. The maximum Gasteiger partial charge on any atom is 1.00 e. The van der Waals surface area contributed by atoms with E-state index >= 15 is 0 Å². The molecular formula is C9H11N2Na2O8P. The number of hydrogen-bond acceptors (Lipinski definition) is 8. The molecule has 13 heteroatoms. The summed E-state index contributed by atoms with van der Waals surface area (Å²) in [5, 5.41) is 10.1. The van der Waals surface area contributed by atoms with E-state index in [-0.39, 0.29) is 72.1 Å². The van der Waals surface area contributed by atoms with Crippen molar-refractivity contribution in [3.63, 3.8) is 0 Å². The number of rotatable bonds is 4. The third-order valence-corrected chi connectivity index (χ3v) is 3.13. The van der Waals surface area contributed by atoms with Gasteiger partial charge in [0, 0.05) is 12.3 Å². The van der Waals surface area contributed by atoms with Crippen molar-refractivity contribution in [1.82, 2.24) is 9.55 Å². The zero-order chi connectivity index (χ0) is 15.0. The van der Waals surface area contributed by atoms with E-state index < -0.39 is 37.2 Å². The Hall–Kier alpha value is 0.710. The molecule has 10 nitrogen and oxygen atoms in total. The largest absolute Gasteiger partial charge is 1.00 e. The molecule has 2 N–H and O–H groups in total. The normalized spacial score (nSPS) is 24.4. The molecule has 1 saturated heterocycles. The summed E-state index contributed by atoms with van der Waals surface area (Å²) in [5.74, 6) is -2.07. The van der Waals surface area contributed by atoms with Gasteiger partial charge in [0.15, 0.2) is 0 Å². The number of aliphatic hydroxyl groups is 1. The van der Waals surface area contributed by atoms with Crippen LogP contribution >= 0.6 is 7.60 Å². The van der Waals surface area contributed by atoms with Gasteiger partial charge < -0.3 is 28.9 Å². The van der Waals surface area contributed by atoms with Gasteiger partial charge in [-0.25, -0.2) is 9.36 Å². The summed E-state index contributed by atoms with van der Waals surface area (Å²) in [6.07, 6.45) is -1.12. The van der Waals surface area contributed by atoms with Crippen molar-refractivity contribution in [1.29, 1.82) is 0 Å². The van der Waals surface area contributed by atoms with Gasteiger partial charge in [0.2, 0.25) is 0 Å². The van der Waals surface area contributed by atoms with Crippen molar-refractivity contribution in [3.05, 3.63) is 33.1 Å². The van der Waals surface area contributed by atoms with Crippen LogP contribution in [0.25, 0.3) is 0 Å². The molecule has 1 aromatic heterocycles. The first-order valence-electron chi connectivity index (χ1n) is 5.51. The van der Waals surface area contributed by atoms with Gasteiger partial charge in [-0.05, 0) is 7.60 Å². The van der Waals surface area contributed by atoms with E-state index in [1.54, 1.807) is 0 Å². The molecule has 2 atom stereocenters. The third kappa shape index (κ3) is 5.97. The summed E-state index contributed by atoms with van der Waals surface area (Å²) in [7, 11) is -4.82. The number of hydrogen-bond donors (Lipinski definition) is 2. The molecule has 2 heterocycles.